The zero-order chi connectivity index (χ0) is 15.5. The van der Waals surface area contributed by atoms with Crippen molar-refractivity contribution in [3.63, 3.8) is 0 Å². The number of carbonyl (C=O) groups excluding carboxylic acids is 1. The van der Waals surface area contributed by atoms with Gasteiger partial charge >= 0.3 is 5.97 Å². The molecule has 1 aliphatic rings. The molecule has 1 aliphatic carbocycles. The fraction of sp³-hybridized carbons (Fsp3) is 0.400. The SMILES string of the molecule is COC(=O)c1ccc(-n2ccc(OCC3CCC3)n2)nc1Cl. The highest BCUT2D eigenvalue weighted by atomic mass is 35.5. The van der Waals surface area contributed by atoms with E-state index in [1.54, 1.807) is 29.1 Å². The molecule has 2 heterocycles. The van der Waals surface area contributed by atoms with Gasteiger partial charge in [-0.05, 0) is 30.9 Å². The van der Waals surface area contributed by atoms with Crippen molar-refractivity contribution in [1.29, 1.82) is 0 Å². The molecule has 0 unspecified atom stereocenters. The van der Waals surface area contributed by atoms with E-state index >= 15 is 0 Å². The van der Waals surface area contributed by atoms with E-state index in [1.165, 1.54) is 26.4 Å². The molecule has 0 spiro atoms. The number of rotatable bonds is 5. The standard InChI is InChI=1S/C15H16ClN3O3/c1-21-15(20)11-5-6-12(17-14(11)16)19-8-7-13(18-19)22-9-10-3-2-4-10/h5-8,10H,2-4,9H2,1H3. The fourth-order valence-corrected chi connectivity index (χ4v) is 2.42. The Morgan fingerprint density at radius 2 is 2.23 bits per heavy atom. The second-order valence-electron chi connectivity index (χ2n) is 5.21. The number of aromatic nitrogens is 3. The summed E-state index contributed by atoms with van der Waals surface area (Å²) < 4.78 is 11.8. The van der Waals surface area contributed by atoms with Crippen molar-refractivity contribution >= 4 is 17.6 Å². The molecule has 116 valence electrons. The average molecular weight is 322 g/mol. The molecular formula is C15H16ClN3O3. The van der Waals surface area contributed by atoms with E-state index in [2.05, 4.69) is 14.8 Å². The van der Waals surface area contributed by atoms with Crippen LogP contribution in [-0.2, 0) is 4.74 Å². The maximum atomic E-state index is 11.5. The Morgan fingerprint density at radius 3 is 2.86 bits per heavy atom. The van der Waals surface area contributed by atoms with Crippen LogP contribution in [-0.4, -0.2) is 34.5 Å². The van der Waals surface area contributed by atoms with Gasteiger partial charge in [0.25, 0.3) is 0 Å². The Hall–Kier alpha value is -2.08. The van der Waals surface area contributed by atoms with Crippen LogP contribution in [0.2, 0.25) is 5.15 Å². The molecule has 0 bridgehead atoms. The summed E-state index contributed by atoms with van der Waals surface area (Å²) in [5.74, 6) is 1.20. The molecule has 6 nitrogen and oxygen atoms in total. The van der Waals surface area contributed by atoms with E-state index in [4.69, 9.17) is 16.3 Å². The van der Waals surface area contributed by atoms with Crippen LogP contribution in [0.1, 0.15) is 29.6 Å². The minimum Gasteiger partial charge on any atom is -0.476 e. The van der Waals surface area contributed by atoms with Crippen LogP contribution in [0.15, 0.2) is 24.4 Å². The first-order chi connectivity index (χ1) is 10.7. The van der Waals surface area contributed by atoms with Crippen molar-refractivity contribution in [2.75, 3.05) is 13.7 Å². The van der Waals surface area contributed by atoms with E-state index in [0.29, 0.717) is 24.2 Å². The van der Waals surface area contributed by atoms with Crippen molar-refractivity contribution in [3.8, 4) is 11.7 Å². The third kappa shape index (κ3) is 3.06. The number of hydrogen-bond donors (Lipinski definition) is 0. The van der Waals surface area contributed by atoms with Crippen molar-refractivity contribution in [1.82, 2.24) is 14.8 Å². The smallest absolute Gasteiger partial charge is 0.341 e. The Kier molecular flexibility index (Phi) is 4.29. The quantitative estimate of drug-likeness (QED) is 0.625. The summed E-state index contributed by atoms with van der Waals surface area (Å²) >= 11 is 6.00. The molecule has 2 aromatic heterocycles. The monoisotopic (exact) mass is 321 g/mol. The van der Waals surface area contributed by atoms with Gasteiger partial charge in [0.15, 0.2) is 5.82 Å². The number of methoxy groups -OCH3 is 1. The van der Waals surface area contributed by atoms with Gasteiger partial charge in [-0.3, -0.25) is 0 Å². The summed E-state index contributed by atoms with van der Waals surface area (Å²) in [5.41, 5.74) is 0.224. The van der Waals surface area contributed by atoms with Crippen molar-refractivity contribution in [2.45, 2.75) is 19.3 Å². The van der Waals surface area contributed by atoms with Gasteiger partial charge in [-0.1, -0.05) is 18.0 Å². The van der Waals surface area contributed by atoms with E-state index in [1.807, 2.05) is 0 Å². The summed E-state index contributed by atoms with van der Waals surface area (Å²) in [5, 5.41) is 4.38. The maximum absolute atomic E-state index is 11.5. The lowest BCUT2D eigenvalue weighted by atomic mass is 9.86. The molecule has 2 aromatic rings. The number of nitrogens with zero attached hydrogens (tertiary/aromatic N) is 3. The Morgan fingerprint density at radius 1 is 1.41 bits per heavy atom. The maximum Gasteiger partial charge on any atom is 0.341 e. The van der Waals surface area contributed by atoms with Crippen LogP contribution >= 0.6 is 11.6 Å². The molecule has 1 fully saturated rings. The third-order valence-electron chi connectivity index (χ3n) is 3.73. The van der Waals surface area contributed by atoms with Gasteiger partial charge in [-0.25, -0.2) is 14.5 Å². The van der Waals surface area contributed by atoms with Crippen LogP contribution in [0.25, 0.3) is 5.82 Å². The number of hydrogen-bond acceptors (Lipinski definition) is 5. The Labute approximate surface area is 133 Å². The summed E-state index contributed by atoms with van der Waals surface area (Å²) in [4.78, 5) is 15.6. The zero-order valence-electron chi connectivity index (χ0n) is 12.2. The number of esters is 1. The lowest BCUT2D eigenvalue weighted by Crippen LogP contribution is -2.19. The Balaban J connectivity index is 1.72. The van der Waals surface area contributed by atoms with Crippen molar-refractivity contribution < 1.29 is 14.3 Å². The molecule has 22 heavy (non-hydrogen) atoms. The first-order valence-electron chi connectivity index (χ1n) is 7.11. The lowest BCUT2D eigenvalue weighted by molar-refractivity contribution is 0.0600. The van der Waals surface area contributed by atoms with Crippen LogP contribution in [0, 0.1) is 5.92 Å². The molecule has 0 amide bonds. The minimum atomic E-state index is -0.519. The first-order valence-corrected chi connectivity index (χ1v) is 7.49. The predicted octanol–water partition coefficient (Wildman–Crippen LogP) is 2.89. The average Bonchev–Trinajstić information content (AvgIpc) is 2.93. The zero-order valence-corrected chi connectivity index (χ0v) is 12.9. The highest BCUT2D eigenvalue weighted by Gasteiger charge is 2.18. The summed E-state index contributed by atoms with van der Waals surface area (Å²) in [6.45, 7) is 0.701. The number of pyridine rings is 1. The molecule has 0 saturated heterocycles. The summed E-state index contributed by atoms with van der Waals surface area (Å²) in [6.07, 6.45) is 5.49. The van der Waals surface area contributed by atoms with Gasteiger partial charge in [0.1, 0.15) is 5.15 Å². The Bertz CT molecular complexity index is 682. The highest BCUT2D eigenvalue weighted by molar-refractivity contribution is 6.32. The molecule has 1 saturated carbocycles. The summed E-state index contributed by atoms with van der Waals surface area (Å²) in [7, 11) is 1.30. The number of ether oxygens (including phenoxy) is 2. The minimum absolute atomic E-state index is 0.0804. The molecule has 0 aliphatic heterocycles. The highest BCUT2D eigenvalue weighted by Crippen LogP contribution is 2.27. The van der Waals surface area contributed by atoms with E-state index in [-0.39, 0.29) is 10.7 Å². The molecule has 0 atom stereocenters. The van der Waals surface area contributed by atoms with Gasteiger partial charge in [0.05, 0.1) is 19.3 Å². The lowest BCUT2D eigenvalue weighted by Gasteiger charge is -2.24. The summed E-state index contributed by atoms with van der Waals surface area (Å²) in [6, 6.07) is 5.00. The van der Waals surface area contributed by atoms with E-state index < -0.39 is 5.97 Å². The second-order valence-corrected chi connectivity index (χ2v) is 5.56. The topological polar surface area (TPSA) is 66.2 Å². The normalized spacial score (nSPS) is 14.5. The molecule has 3 rings (SSSR count). The predicted molar refractivity (Wildman–Crippen MR) is 80.5 cm³/mol. The van der Waals surface area contributed by atoms with Crippen molar-refractivity contribution in [3.05, 3.63) is 35.1 Å². The molecule has 0 radical (unpaired) electrons. The molecular weight excluding hydrogens is 306 g/mol. The molecule has 0 N–H and O–H groups in total. The van der Waals surface area contributed by atoms with Gasteiger partial charge in [-0.2, -0.15) is 0 Å². The van der Waals surface area contributed by atoms with Gasteiger partial charge in [-0.15, -0.1) is 5.10 Å². The molecule has 0 aromatic carbocycles. The fourth-order valence-electron chi connectivity index (χ4n) is 2.19. The largest absolute Gasteiger partial charge is 0.476 e. The van der Waals surface area contributed by atoms with Crippen LogP contribution in [0.3, 0.4) is 0 Å². The first kappa shape index (κ1) is 14.8. The van der Waals surface area contributed by atoms with Crippen LogP contribution < -0.4 is 4.74 Å². The van der Waals surface area contributed by atoms with Gasteiger partial charge in [0, 0.05) is 12.3 Å². The van der Waals surface area contributed by atoms with Crippen LogP contribution in [0.4, 0.5) is 0 Å². The van der Waals surface area contributed by atoms with E-state index in [9.17, 15) is 4.79 Å². The van der Waals surface area contributed by atoms with Gasteiger partial charge < -0.3 is 9.47 Å². The van der Waals surface area contributed by atoms with E-state index in [0.717, 1.165) is 0 Å². The van der Waals surface area contributed by atoms with Gasteiger partial charge in [0.2, 0.25) is 5.88 Å². The van der Waals surface area contributed by atoms with Crippen LogP contribution in [0.5, 0.6) is 5.88 Å². The number of carbonyl (C=O) groups is 1. The van der Waals surface area contributed by atoms with Crippen molar-refractivity contribution in [2.24, 2.45) is 5.92 Å². The third-order valence-corrected chi connectivity index (χ3v) is 4.02. The number of halogens is 1. The molecule has 7 heteroatoms. The second kappa shape index (κ2) is 6.36.